The summed E-state index contributed by atoms with van der Waals surface area (Å²) in [5.41, 5.74) is 0.980. The van der Waals surface area contributed by atoms with Gasteiger partial charge in [0.2, 0.25) is 0 Å². The standard InChI is InChI=1S/C23H21Cl3N2O3/c1-13-2-8-17-18(10-13)23(31)28(22(17)30)27(12-14-3-9-19(25)20(26)11-14)21(29)15-4-6-16(24)7-5-15/h3-7,9,11,13,17-18H,2,8,10,12H2,1H3/t13-,17-,18-/m1/s1. The van der Waals surface area contributed by atoms with Crippen LogP contribution in [0.3, 0.4) is 0 Å². The predicted octanol–water partition coefficient (Wildman–Crippen LogP) is 5.63. The van der Waals surface area contributed by atoms with Crippen LogP contribution in [0.5, 0.6) is 0 Å². The van der Waals surface area contributed by atoms with Crippen molar-refractivity contribution in [3.8, 4) is 0 Å². The molecule has 2 aliphatic rings. The molecular weight excluding hydrogens is 459 g/mol. The topological polar surface area (TPSA) is 57.7 Å². The zero-order valence-corrected chi connectivity index (χ0v) is 19.1. The number of carbonyl (C=O) groups excluding carboxylic acids is 3. The fourth-order valence-corrected chi connectivity index (χ4v) is 4.84. The zero-order chi connectivity index (χ0) is 22.3. The van der Waals surface area contributed by atoms with Crippen LogP contribution in [0, 0.1) is 17.8 Å². The van der Waals surface area contributed by atoms with Crippen LogP contribution in [0.4, 0.5) is 0 Å². The highest BCUT2D eigenvalue weighted by Crippen LogP contribution is 2.41. The first-order valence-corrected chi connectivity index (χ1v) is 11.3. The van der Waals surface area contributed by atoms with E-state index in [2.05, 4.69) is 6.92 Å². The van der Waals surface area contributed by atoms with Crippen LogP contribution in [-0.2, 0) is 16.1 Å². The van der Waals surface area contributed by atoms with Crippen molar-refractivity contribution in [1.82, 2.24) is 10.0 Å². The second kappa shape index (κ2) is 8.81. The largest absolute Gasteiger partial charge is 0.273 e. The second-order valence-corrected chi connectivity index (χ2v) is 9.49. The van der Waals surface area contributed by atoms with Gasteiger partial charge in [-0.15, -0.1) is 0 Å². The lowest BCUT2D eigenvalue weighted by Gasteiger charge is -2.31. The van der Waals surface area contributed by atoms with E-state index in [0.717, 1.165) is 11.4 Å². The molecule has 3 atom stereocenters. The molecule has 31 heavy (non-hydrogen) atoms. The Morgan fingerprint density at radius 1 is 0.968 bits per heavy atom. The van der Waals surface area contributed by atoms with Gasteiger partial charge in [0, 0.05) is 10.6 Å². The van der Waals surface area contributed by atoms with Gasteiger partial charge in [0.1, 0.15) is 0 Å². The van der Waals surface area contributed by atoms with Crippen LogP contribution in [0.15, 0.2) is 42.5 Å². The van der Waals surface area contributed by atoms with Crippen molar-refractivity contribution in [1.29, 1.82) is 0 Å². The molecule has 1 heterocycles. The fourth-order valence-electron chi connectivity index (χ4n) is 4.40. The lowest BCUT2D eigenvalue weighted by molar-refractivity contribution is -0.155. The number of hydrazine groups is 1. The van der Waals surface area contributed by atoms with Crippen molar-refractivity contribution in [3.63, 3.8) is 0 Å². The van der Waals surface area contributed by atoms with Crippen molar-refractivity contribution in [2.24, 2.45) is 17.8 Å². The molecule has 2 fully saturated rings. The van der Waals surface area contributed by atoms with Gasteiger partial charge in [-0.25, -0.2) is 5.01 Å². The number of halogens is 3. The van der Waals surface area contributed by atoms with Crippen LogP contribution in [0.25, 0.3) is 0 Å². The van der Waals surface area contributed by atoms with E-state index in [1.165, 1.54) is 5.01 Å². The minimum atomic E-state index is -0.462. The number of hydrogen-bond donors (Lipinski definition) is 0. The van der Waals surface area contributed by atoms with Gasteiger partial charge in [-0.05, 0) is 67.1 Å². The first kappa shape index (κ1) is 22.1. The van der Waals surface area contributed by atoms with Crippen LogP contribution in [0.1, 0.15) is 42.1 Å². The molecular formula is C23H21Cl3N2O3. The summed E-state index contributed by atoms with van der Waals surface area (Å²) in [6.45, 7) is 2.09. The van der Waals surface area contributed by atoms with Crippen LogP contribution >= 0.6 is 34.8 Å². The third-order valence-corrected chi connectivity index (χ3v) is 7.04. The molecule has 4 rings (SSSR count). The van der Waals surface area contributed by atoms with Crippen LogP contribution in [-0.4, -0.2) is 27.7 Å². The van der Waals surface area contributed by atoms with Gasteiger partial charge in [0.05, 0.1) is 28.4 Å². The van der Waals surface area contributed by atoms with E-state index in [9.17, 15) is 14.4 Å². The lowest BCUT2D eigenvalue weighted by Crippen LogP contribution is -2.49. The van der Waals surface area contributed by atoms with Crippen molar-refractivity contribution >= 4 is 52.5 Å². The summed E-state index contributed by atoms with van der Waals surface area (Å²) < 4.78 is 0. The maximum atomic E-state index is 13.4. The Balaban J connectivity index is 1.71. The minimum Gasteiger partial charge on any atom is -0.272 e. The van der Waals surface area contributed by atoms with E-state index in [1.807, 2.05) is 0 Å². The average Bonchev–Trinajstić information content (AvgIpc) is 2.98. The molecule has 1 saturated heterocycles. The summed E-state index contributed by atoms with van der Waals surface area (Å²) in [4.78, 5) is 40.0. The van der Waals surface area contributed by atoms with Crippen LogP contribution < -0.4 is 0 Å². The van der Waals surface area contributed by atoms with E-state index in [4.69, 9.17) is 34.8 Å². The molecule has 2 aromatic carbocycles. The predicted molar refractivity (Wildman–Crippen MR) is 120 cm³/mol. The molecule has 0 aromatic heterocycles. The third-order valence-electron chi connectivity index (χ3n) is 6.05. The Morgan fingerprint density at radius 3 is 2.32 bits per heavy atom. The van der Waals surface area contributed by atoms with Crippen molar-refractivity contribution < 1.29 is 14.4 Å². The molecule has 5 nitrogen and oxygen atoms in total. The number of imide groups is 1. The number of fused-ring (bicyclic) bond motifs is 1. The zero-order valence-electron chi connectivity index (χ0n) is 16.9. The average molecular weight is 480 g/mol. The van der Waals surface area contributed by atoms with Gasteiger partial charge in [0.15, 0.2) is 0 Å². The Hall–Kier alpha value is -2.08. The maximum absolute atomic E-state index is 13.4. The quantitative estimate of drug-likeness (QED) is 0.534. The summed E-state index contributed by atoms with van der Waals surface area (Å²) in [6.07, 6.45) is 2.20. The van der Waals surface area contributed by atoms with E-state index in [-0.39, 0.29) is 30.2 Å². The molecule has 3 amide bonds. The summed E-state index contributed by atoms with van der Waals surface area (Å²) in [5.74, 6) is -1.48. The van der Waals surface area contributed by atoms with Gasteiger partial charge in [-0.2, -0.15) is 5.01 Å². The minimum absolute atomic E-state index is 0.00478. The molecule has 8 heteroatoms. The number of carbonyl (C=O) groups is 3. The number of amides is 3. The molecule has 1 aliphatic heterocycles. The van der Waals surface area contributed by atoms with E-state index in [1.54, 1.807) is 42.5 Å². The summed E-state index contributed by atoms with van der Waals surface area (Å²) in [5, 5.41) is 3.47. The lowest BCUT2D eigenvalue weighted by atomic mass is 9.76. The van der Waals surface area contributed by atoms with Crippen molar-refractivity contribution in [3.05, 3.63) is 68.7 Å². The Labute approximate surface area is 195 Å². The molecule has 1 aliphatic carbocycles. The van der Waals surface area contributed by atoms with Gasteiger partial charge in [0.25, 0.3) is 17.7 Å². The number of hydrogen-bond acceptors (Lipinski definition) is 3. The molecule has 0 spiro atoms. The van der Waals surface area contributed by atoms with Gasteiger partial charge in [-0.1, -0.05) is 47.8 Å². The third kappa shape index (κ3) is 4.32. The first-order chi connectivity index (χ1) is 14.8. The summed E-state index contributed by atoms with van der Waals surface area (Å²) >= 11 is 18.1. The molecule has 0 N–H and O–H groups in total. The maximum Gasteiger partial charge on any atom is 0.273 e. The normalized spacial score (nSPS) is 23.1. The molecule has 2 aromatic rings. The first-order valence-electron chi connectivity index (χ1n) is 10.2. The van der Waals surface area contributed by atoms with Gasteiger partial charge < -0.3 is 0 Å². The molecule has 0 bridgehead atoms. The number of benzene rings is 2. The molecule has 0 radical (unpaired) electrons. The highest BCUT2D eigenvalue weighted by molar-refractivity contribution is 6.42. The number of rotatable bonds is 4. The monoisotopic (exact) mass is 478 g/mol. The summed E-state index contributed by atoms with van der Waals surface area (Å²) in [6, 6.07) is 11.3. The number of nitrogens with zero attached hydrogens (tertiary/aromatic N) is 2. The molecule has 1 saturated carbocycles. The van der Waals surface area contributed by atoms with E-state index >= 15 is 0 Å². The van der Waals surface area contributed by atoms with E-state index in [0.29, 0.717) is 45.0 Å². The smallest absolute Gasteiger partial charge is 0.272 e. The van der Waals surface area contributed by atoms with Gasteiger partial charge in [-0.3, -0.25) is 14.4 Å². The highest BCUT2D eigenvalue weighted by Gasteiger charge is 2.52. The molecule has 0 unspecified atom stereocenters. The fraction of sp³-hybridized carbons (Fsp3) is 0.348. The summed E-state index contributed by atoms with van der Waals surface area (Å²) in [7, 11) is 0. The SMILES string of the molecule is C[C@@H]1CC[C@H]2C(=O)N(N(Cc3ccc(Cl)c(Cl)c3)C(=O)c3ccc(Cl)cc3)C(=O)[C@@H]2C1. The van der Waals surface area contributed by atoms with Crippen molar-refractivity contribution in [2.75, 3.05) is 0 Å². The highest BCUT2D eigenvalue weighted by atomic mass is 35.5. The molecule has 162 valence electrons. The Morgan fingerprint density at radius 2 is 1.65 bits per heavy atom. The second-order valence-electron chi connectivity index (χ2n) is 8.24. The van der Waals surface area contributed by atoms with Crippen molar-refractivity contribution in [2.45, 2.75) is 32.7 Å². The van der Waals surface area contributed by atoms with Crippen LogP contribution in [0.2, 0.25) is 15.1 Å². The van der Waals surface area contributed by atoms with E-state index < -0.39 is 5.91 Å². The Bertz CT molecular complexity index is 1040. The Kier molecular flexibility index (Phi) is 6.29. The van der Waals surface area contributed by atoms with Gasteiger partial charge >= 0.3 is 0 Å².